The predicted octanol–water partition coefficient (Wildman–Crippen LogP) is 2.77. The van der Waals surface area contributed by atoms with E-state index in [1.807, 2.05) is 25.1 Å². The zero-order chi connectivity index (χ0) is 9.97. The Balaban J connectivity index is 0. The number of para-hydroxylation sites is 1. The Labute approximate surface area is 119 Å². The van der Waals surface area contributed by atoms with E-state index in [2.05, 4.69) is 22.5 Å². The predicted molar refractivity (Wildman–Crippen MR) is 79.3 cm³/mol. The molecule has 0 bridgehead atoms. The van der Waals surface area contributed by atoms with E-state index in [1.165, 1.54) is 5.56 Å². The Kier molecular flexibility index (Phi) is 9.39. The van der Waals surface area contributed by atoms with Crippen LogP contribution in [0.15, 0.2) is 30.3 Å². The van der Waals surface area contributed by atoms with Crippen LogP contribution in [0.1, 0.15) is 11.3 Å². The Morgan fingerprint density at radius 3 is 2.47 bits per heavy atom. The van der Waals surface area contributed by atoms with Crippen molar-refractivity contribution in [1.82, 2.24) is 10.4 Å². The van der Waals surface area contributed by atoms with Crippen molar-refractivity contribution >= 4 is 48.1 Å². The molecule has 6 heteroatoms. The van der Waals surface area contributed by atoms with Crippen LogP contribution in [-0.2, 0) is 6.54 Å². The molecular weight excluding hydrogens is 281 g/mol. The van der Waals surface area contributed by atoms with Gasteiger partial charge in [-0.15, -0.1) is 37.2 Å². The summed E-state index contributed by atoms with van der Waals surface area (Å²) in [7, 11) is 0. The molecule has 1 aromatic heterocycles. The largest absolute Gasteiger partial charge is 0.271 e. The molecule has 17 heavy (non-hydrogen) atoms. The molecule has 1 heterocycles. The van der Waals surface area contributed by atoms with Gasteiger partial charge in [0.2, 0.25) is 0 Å². The van der Waals surface area contributed by atoms with Crippen molar-refractivity contribution in [1.29, 1.82) is 0 Å². The maximum atomic E-state index is 5.33. The molecule has 2 rings (SSSR count). The maximum absolute atomic E-state index is 5.33. The number of fused-ring (bicyclic) bond motifs is 1. The normalized spacial score (nSPS) is 8.82. The zero-order valence-corrected chi connectivity index (χ0v) is 11.8. The van der Waals surface area contributed by atoms with Gasteiger partial charge in [0.15, 0.2) is 0 Å². The molecule has 0 saturated carbocycles. The third-order valence-electron chi connectivity index (χ3n) is 2.22. The van der Waals surface area contributed by atoms with Crippen molar-refractivity contribution in [3.05, 3.63) is 41.6 Å². The third-order valence-corrected chi connectivity index (χ3v) is 2.22. The van der Waals surface area contributed by atoms with Crippen molar-refractivity contribution in [2.75, 3.05) is 0 Å². The molecule has 0 atom stereocenters. The number of nitrogens with one attached hydrogen (secondary N) is 1. The number of benzene rings is 1. The minimum atomic E-state index is 0. The standard InChI is InChI=1S/C11H13N3.3ClH/c1-8-6-9(7-13-12)10-4-2-3-5-11(10)14-8;;;/h2-6,13H,7,12H2,1H3;3*1H. The number of aryl methyl sites for hydroxylation is 1. The van der Waals surface area contributed by atoms with Gasteiger partial charge in [0, 0.05) is 17.6 Å². The molecule has 0 radical (unpaired) electrons. The lowest BCUT2D eigenvalue weighted by Gasteiger charge is -2.06. The molecule has 0 aliphatic heterocycles. The summed E-state index contributed by atoms with van der Waals surface area (Å²) >= 11 is 0. The average molecular weight is 297 g/mol. The molecule has 0 aliphatic rings. The molecule has 0 aliphatic carbocycles. The van der Waals surface area contributed by atoms with Crippen LogP contribution < -0.4 is 11.3 Å². The van der Waals surface area contributed by atoms with E-state index in [1.54, 1.807) is 0 Å². The second-order valence-electron chi connectivity index (χ2n) is 3.32. The monoisotopic (exact) mass is 295 g/mol. The lowest BCUT2D eigenvalue weighted by Crippen LogP contribution is -2.21. The first kappa shape index (κ1) is 18.8. The summed E-state index contributed by atoms with van der Waals surface area (Å²) in [5.74, 6) is 5.33. The van der Waals surface area contributed by atoms with E-state index in [0.29, 0.717) is 6.54 Å². The van der Waals surface area contributed by atoms with Crippen molar-refractivity contribution < 1.29 is 0 Å². The molecule has 96 valence electrons. The molecule has 1 aromatic carbocycles. The Morgan fingerprint density at radius 1 is 1.18 bits per heavy atom. The highest BCUT2D eigenvalue weighted by Gasteiger charge is 2.01. The average Bonchev–Trinajstić information content (AvgIpc) is 2.18. The molecule has 2 aromatic rings. The van der Waals surface area contributed by atoms with Crippen molar-refractivity contribution in [2.24, 2.45) is 5.84 Å². The molecular formula is C11H16Cl3N3. The number of halogens is 3. The summed E-state index contributed by atoms with van der Waals surface area (Å²) in [6.07, 6.45) is 0. The maximum Gasteiger partial charge on any atom is 0.0708 e. The number of aromatic nitrogens is 1. The number of hydrogen-bond donors (Lipinski definition) is 2. The Hall–Kier alpha value is -0.580. The van der Waals surface area contributed by atoms with Crippen LogP contribution in [0.4, 0.5) is 0 Å². The van der Waals surface area contributed by atoms with Gasteiger partial charge in [-0.3, -0.25) is 16.3 Å². The summed E-state index contributed by atoms with van der Waals surface area (Å²) in [4.78, 5) is 4.45. The molecule has 0 amide bonds. The summed E-state index contributed by atoms with van der Waals surface area (Å²) in [5, 5.41) is 1.16. The molecule has 3 N–H and O–H groups in total. The first-order valence-corrected chi connectivity index (χ1v) is 4.60. The Morgan fingerprint density at radius 2 is 1.82 bits per heavy atom. The highest BCUT2D eigenvalue weighted by Crippen LogP contribution is 2.17. The minimum absolute atomic E-state index is 0. The number of hydrazine groups is 1. The van der Waals surface area contributed by atoms with Crippen LogP contribution in [0.3, 0.4) is 0 Å². The van der Waals surface area contributed by atoms with E-state index < -0.39 is 0 Å². The fourth-order valence-electron chi connectivity index (χ4n) is 1.65. The first-order valence-electron chi connectivity index (χ1n) is 4.60. The number of hydrogen-bond acceptors (Lipinski definition) is 3. The zero-order valence-electron chi connectivity index (χ0n) is 9.34. The SMILES string of the molecule is Cc1cc(CNN)c2ccccc2n1.Cl.Cl.Cl. The third kappa shape index (κ3) is 4.30. The van der Waals surface area contributed by atoms with Crippen LogP contribution in [0, 0.1) is 6.92 Å². The van der Waals surface area contributed by atoms with E-state index in [-0.39, 0.29) is 37.2 Å². The number of nitrogens with zero attached hydrogens (tertiary/aromatic N) is 1. The summed E-state index contributed by atoms with van der Waals surface area (Å²) in [6, 6.07) is 10.1. The highest BCUT2D eigenvalue weighted by molar-refractivity contribution is 5.86. The minimum Gasteiger partial charge on any atom is -0.271 e. The fraction of sp³-hybridized carbons (Fsp3) is 0.182. The van der Waals surface area contributed by atoms with E-state index >= 15 is 0 Å². The lowest BCUT2D eigenvalue weighted by molar-refractivity contribution is 0.744. The van der Waals surface area contributed by atoms with Gasteiger partial charge in [0.1, 0.15) is 0 Å². The van der Waals surface area contributed by atoms with Crippen LogP contribution in [0.25, 0.3) is 10.9 Å². The van der Waals surface area contributed by atoms with Crippen molar-refractivity contribution in [3.8, 4) is 0 Å². The number of nitrogens with two attached hydrogens (primary N) is 1. The van der Waals surface area contributed by atoms with Crippen molar-refractivity contribution in [3.63, 3.8) is 0 Å². The topological polar surface area (TPSA) is 50.9 Å². The first-order chi connectivity index (χ1) is 6.81. The summed E-state index contributed by atoms with van der Waals surface area (Å²) in [6.45, 7) is 2.66. The van der Waals surface area contributed by atoms with Crippen LogP contribution in [0.5, 0.6) is 0 Å². The summed E-state index contributed by atoms with van der Waals surface area (Å²) in [5.41, 5.74) is 5.91. The molecule has 3 nitrogen and oxygen atoms in total. The van der Waals surface area contributed by atoms with Crippen LogP contribution in [0.2, 0.25) is 0 Å². The van der Waals surface area contributed by atoms with Gasteiger partial charge in [-0.1, -0.05) is 18.2 Å². The lowest BCUT2D eigenvalue weighted by atomic mass is 10.1. The van der Waals surface area contributed by atoms with Gasteiger partial charge in [0.25, 0.3) is 0 Å². The highest BCUT2D eigenvalue weighted by atomic mass is 35.5. The van der Waals surface area contributed by atoms with Crippen LogP contribution >= 0.6 is 37.2 Å². The fourth-order valence-corrected chi connectivity index (χ4v) is 1.65. The van der Waals surface area contributed by atoms with E-state index in [0.717, 1.165) is 16.6 Å². The molecule has 0 unspecified atom stereocenters. The number of pyridine rings is 1. The van der Waals surface area contributed by atoms with Gasteiger partial charge in [-0.2, -0.15) is 0 Å². The molecule has 0 saturated heterocycles. The van der Waals surface area contributed by atoms with Gasteiger partial charge in [0.05, 0.1) is 5.52 Å². The van der Waals surface area contributed by atoms with Crippen molar-refractivity contribution in [2.45, 2.75) is 13.5 Å². The number of rotatable bonds is 2. The molecule has 0 fully saturated rings. The van der Waals surface area contributed by atoms with Gasteiger partial charge < -0.3 is 0 Å². The van der Waals surface area contributed by atoms with Gasteiger partial charge in [-0.05, 0) is 24.6 Å². The van der Waals surface area contributed by atoms with Gasteiger partial charge in [-0.25, -0.2) is 0 Å². The second-order valence-corrected chi connectivity index (χ2v) is 3.32. The quantitative estimate of drug-likeness (QED) is 0.662. The van der Waals surface area contributed by atoms with Crippen LogP contribution in [-0.4, -0.2) is 4.98 Å². The van der Waals surface area contributed by atoms with E-state index in [9.17, 15) is 0 Å². The van der Waals surface area contributed by atoms with E-state index in [4.69, 9.17) is 5.84 Å². The molecule has 0 spiro atoms. The second kappa shape index (κ2) is 8.50. The smallest absolute Gasteiger partial charge is 0.0708 e. The Bertz CT molecular complexity index is 463. The van der Waals surface area contributed by atoms with Gasteiger partial charge >= 0.3 is 0 Å². The summed E-state index contributed by atoms with van der Waals surface area (Å²) < 4.78 is 0.